The summed E-state index contributed by atoms with van der Waals surface area (Å²) in [4.78, 5) is 27.2. The van der Waals surface area contributed by atoms with E-state index in [0.717, 1.165) is 32.2 Å². The lowest BCUT2D eigenvalue weighted by atomic mass is 9.80. The summed E-state index contributed by atoms with van der Waals surface area (Å²) in [7, 11) is 3.43. The smallest absolute Gasteiger partial charge is 0.241 e. The second-order valence-electron chi connectivity index (χ2n) is 6.02. The van der Waals surface area contributed by atoms with Gasteiger partial charge in [-0.15, -0.1) is 0 Å². The highest BCUT2D eigenvalue weighted by molar-refractivity contribution is 5.84. The Morgan fingerprint density at radius 1 is 1.05 bits per heavy atom. The Morgan fingerprint density at radius 2 is 1.60 bits per heavy atom. The van der Waals surface area contributed by atoms with Crippen LogP contribution in [0.25, 0.3) is 0 Å². The highest BCUT2D eigenvalue weighted by Crippen LogP contribution is 2.30. The average molecular weight is 283 g/mol. The van der Waals surface area contributed by atoms with E-state index in [1.165, 1.54) is 4.90 Å². The molecule has 1 saturated carbocycles. The number of nitrogens with two attached hydrogens (primary N) is 1. The Labute approximate surface area is 122 Å². The fourth-order valence-electron chi connectivity index (χ4n) is 2.73. The van der Waals surface area contributed by atoms with Gasteiger partial charge in [0.05, 0.1) is 6.54 Å². The second-order valence-corrected chi connectivity index (χ2v) is 6.02. The normalized spacial score (nSPS) is 22.4. The van der Waals surface area contributed by atoms with Crippen LogP contribution in [0, 0.1) is 11.8 Å². The van der Waals surface area contributed by atoms with Crippen LogP contribution in [0.1, 0.15) is 39.0 Å². The molecule has 1 aliphatic carbocycles. The molecule has 5 heteroatoms. The zero-order valence-corrected chi connectivity index (χ0v) is 13.1. The minimum Gasteiger partial charge on any atom is -0.347 e. The van der Waals surface area contributed by atoms with Crippen molar-refractivity contribution in [3.63, 3.8) is 0 Å². The van der Waals surface area contributed by atoms with Crippen LogP contribution in [0.2, 0.25) is 0 Å². The lowest BCUT2D eigenvalue weighted by Crippen LogP contribution is -2.41. The third-order valence-corrected chi connectivity index (χ3v) is 4.32. The molecule has 0 unspecified atom stereocenters. The van der Waals surface area contributed by atoms with E-state index in [-0.39, 0.29) is 18.4 Å². The molecule has 0 radical (unpaired) electrons. The third kappa shape index (κ3) is 5.12. The zero-order valence-electron chi connectivity index (χ0n) is 13.1. The van der Waals surface area contributed by atoms with Gasteiger partial charge in [-0.05, 0) is 51.0 Å². The maximum atomic E-state index is 12.3. The van der Waals surface area contributed by atoms with E-state index in [2.05, 4.69) is 0 Å². The predicted molar refractivity (Wildman–Crippen MR) is 80.1 cm³/mol. The highest BCUT2D eigenvalue weighted by atomic mass is 16.2. The van der Waals surface area contributed by atoms with Gasteiger partial charge in [0.1, 0.15) is 0 Å². The van der Waals surface area contributed by atoms with E-state index in [9.17, 15) is 9.59 Å². The zero-order chi connectivity index (χ0) is 15.1. The fourth-order valence-corrected chi connectivity index (χ4v) is 2.73. The Bertz CT molecular complexity index is 323. The molecule has 1 rings (SSSR count). The van der Waals surface area contributed by atoms with Gasteiger partial charge >= 0.3 is 0 Å². The lowest BCUT2D eigenvalue weighted by Gasteiger charge is -2.29. The summed E-state index contributed by atoms with van der Waals surface area (Å²) in [5.74, 6) is 1.19. The Morgan fingerprint density at radius 3 is 2.05 bits per heavy atom. The van der Waals surface area contributed by atoms with Gasteiger partial charge < -0.3 is 15.5 Å². The molecule has 0 heterocycles. The Hall–Kier alpha value is -1.10. The first-order valence-electron chi connectivity index (χ1n) is 7.65. The van der Waals surface area contributed by atoms with Crippen molar-refractivity contribution >= 4 is 11.8 Å². The molecule has 1 fully saturated rings. The van der Waals surface area contributed by atoms with Gasteiger partial charge in [-0.1, -0.05) is 0 Å². The maximum absolute atomic E-state index is 12.3. The van der Waals surface area contributed by atoms with Crippen LogP contribution in [-0.2, 0) is 9.59 Å². The monoisotopic (exact) mass is 283 g/mol. The molecule has 0 atom stereocenters. The van der Waals surface area contributed by atoms with Crippen LogP contribution in [0.3, 0.4) is 0 Å². The molecule has 0 aromatic heterocycles. The number of carbonyl (C=O) groups is 2. The topological polar surface area (TPSA) is 66.6 Å². The molecular weight excluding hydrogens is 254 g/mol. The highest BCUT2D eigenvalue weighted by Gasteiger charge is 2.25. The Balaban J connectivity index is 2.42. The van der Waals surface area contributed by atoms with Crippen LogP contribution < -0.4 is 5.73 Å². The van der Waals surface area contributed by atoms with E-state index in [1.807, 2.05) is 6.92 Å². The van der Waals surface area contributed by atoms with Crippen molar-refractivity contribution in [1.82, 2.24) is 9.80 Å². The summed E-state index contributed by atoms with van der Waals surface area (Å²) in [6.07, 6.45) is 5.03. The van der Waals surface area contributed by atoms with E-state index in [1.54, 1.807) is 19.0 Å². The van der Waals surface area contributed by atoms with Crippen molar-refractivity contribution < 1.29 is 9.59 Å². The first kappa shape index (κ1) is 17.0. The number of hydrogen-bond acceptors (Lipinski definition) is 3. The van der Waals surface area contributed by atoms with Crippen molar-refractivity contribution in [2.75, 3.05) is 33.7 Å². The molecule has 5 nitrogen and oxygen atoms in total. The number of hydrogen-bond donors (Lipinski definition) is 1. The maximum Gasteiger partial charge on any atom is 0.241 e. The van der Waals surface area contributed by atoms with E-state index >= 15 is 0 Å². The van der Waals surface area contributed by atoms with Crippen LogP contribution in [0.15, 0.2) is 0 Å². The lowest BCUT2D eigenvalue weighted by molar-refractivity contribution is -0.139. The van der Waals surface area contributed by atoms with Crippen molar-refractivity contribution in [1.29, 1.82) is 0 Å². The molecular formula is C15H29N3O2. The fraction of sp³-hybridized carbons (Fsp3) is 0.867. The summed E-state index contributed by atoms with van der Waals surface area (Å²) >= 11 is 0. The first-order chi connectivity index (χ1) is 9.47. The van der Waals surface area contributed by atoms with Crippen LogP contribution >= 0.6 is 0 Å². The van der Waals surface area contributed by atoms with Crippen molar-refractivity contribution in [2.24, 2.45) is 17.6 Å². The van der Waals surface area contributed by atoms with E-state index < -0.39 is 0 Å². The number of amides is 2. The minimum atomic E-state index is -0.0213. The van der Waals surface area contributed by atoms with Gasteiger partial charge in [0.25, 0.3) is 0 Å². The molecule has 0 bridgehead atoms. The van der Waals surface area contributed by atoms with Crippen LogP contribution in [0.4, 0.5) is 0 Å². The molecule has 0 aromatic carbocycles. The number of carbonyl (C=O) groups excluding carboxylic acids is 2. The quantitative estimate of drug-likeness (QED) is 0.793. The van der Waals surface area contributed by atoms with Crippen molar-refractivity contribution in [3.8, 4) is 0 Å². The molecule has 2 amide bonds. The van der Waals surface area contributed by atoms with Gasteiger partial charge in [-0.25, -0.2) is 0 Å². The molecule has 0 spiro atoms. The van der Waals surface area contributed by atoms with Crippen LogP contribution in [0.5, 0.6) is 0 Å². The Kier molecular flexibility index (Phi) is 6.99. The van der Waals surface area contributed by atoms with Gasteiger partial charge in [-0.2, -0.15) is 0 Å². The second kappa shape index (κ2) is 8.25. The first-order valence-corrected chi connectivity index (χ1v) is 7.65. The molecule has 20 heavy (non-hydrogen) atoms. The van der Waals surface area contributed by atoms with Gasteiger partial charge in [0.2, 0.25) is 11.8 Å². The van der Waals surface area contributed by atoms with E-state index in [4.69, 9.17) is 5.73 Å². The van der Waals surface area contributed by atoms with E-state index in [0.29, 0.717) is 24.8 Å². The summed E-state index contributed by atoms with van der Waals surface area (Å²) < 4.78 is 0. The molecule has 0 aromatic rings. The van der Waals surface area contributed by atoms with Gasteiger partial charge in [0.15, 0.2) is 0 Å². The number of rotatable bonds is 6. The largest absolute Gasteiger partial charge is 0.347 e. The molecule has 1 aliphatic rings. The molecule has 0 saturated heterocycles. The third-order valence-electron chi connectivity index (χ3n) is 4.32. The summed E-state index contributed by atoms with van der Waals surface area (Å²) in [5.41, 5.74) is 5.69. The van der Waals surface area contributed by atoms with Gasteiger partial charge in [-0.3, -0.25) is 9.59 Å². The average Bonchev–Trinajstić information content (AvgIpc) is 2.44. The van der Waals surface area contributed by atoms with Crippen molar-refractivity contribution in [2.45, 2.75) is 39.0 Å². The standard InChI is InChI=1S/C15H29N3O2/c1-4-18(11-15(20)17(2)3)14(19)9-12-5-7-13(10-16)8-6-12/h12-13H,4-11,16H2,1-3H3. The summed E-state index contributed by atoms with van der Waals surface area (Å²) in [6.45, 7) is 3.47. The van der Waals surface area contributed by atoms with Crippen molar-refractivity contribution in [3.05, 3.63) is 0 Å². The number of nitrogens with zero attached hydrogens (tertiary/aromatic N) is 2. The molecule has 0 aliphatic heterocycles. The molecule has 2 N–H and O–H groups in total. The predicted octanol–water partition coefficient (Wildman–Crippen LogP) is 1.08. The minimum absolute atomic E-state index is 0.0213. The molecule has 116 valence electrons. The summed E-state index contributed by atoms with van der Waals surface area (Å²) in [6, 6.07) is 0. The van der Waals surface area contributed by atoms with Gasteiger partial charge in [0, 0.05) is 27.1 Å². The number of likely N-dealkylation sites (N-methyl/N-ethyl adjacent to an activating group) is 2. The summed E-state index contributed by atoms with van der Waals surface area (Å²) in [5, 5.41) is 0. The SMILES string of the molecule is CCN(CC(=O)N(C)C)C(=O)CC1CCC(CN)CC1. The van der Waals surface area contributed by atoms with Crippen LogP contribution in [-0.4, -0.2) is 55.3 Å².